The lowest BCUT2D eigenvalue weighted by Gasteiger charge is -2.25. The lowest BCUT2D eigenvalue weighted by atomic mass is 9.87. The molecule has 1 aromatic rings. The van der Waals surface area contributed by atoms with Crippen molar-refractivity contribution in [2.24, 2.45) is 5.92 Å². The van der Waals surface area contributed by atoms with Crippen LogP contribution in [0.5, 0.6) is 0 Å². The SMILES string of the molecule is Nc1ccc(C(=O)NCC2CCC(O)CC2)c(F)c1. The van der Waals surface area contributed by atoms with Gasteiger partial charge < -0.3 is 16.2 Å². The van der Waals surface area contributed by atoms with Gasteiger partial charge in [0.15, 0.2) is 0 Å². The van der Waals surface area contributed by atoms with Crippen molar-refractivity contribution in [3.8, 4) is 0 Å². The number of hydrogen-bond donors (Lipinski definition) is 3. The van der Waals surface area contributed by atoms with Crippen LogP contribution in [0.15, 0.2) is 18.2 Å². The summed E-state index contributed by atoms with van der Waals surface area (Å²) in [5.74, 6) is -0.649. The molecule has 0 radical (unpaired) electrons. The van der Waals surface area contributed by atoms with Gasteiger partial charge in [-0.15, -0.1) is 0 Å². The van der Waals surface area contributed by atoms with Crippen LogP contribution in [0, 0.1) is 11.7 Å². The highest BCUT2D eigenvalue weighted by molar-refractivity contribution is 5.94. The lowest BCUT2D eigenvalue weighted by Crippen LogP contribution is -2.32. The van der Waals surface area contributed by atoms with Crippen LogP contribution in [-0.4, -0.2) is 23.7 Å². The summed E-state index contributed by atoms with van der Waals surface area (Å²) in [5, 5.41) is 12.1. The number of halogens is 1. The number of aliphatic hydroxyl groups excluding tert-OH is 1. The van der Waals surface area contributed by atoms with Crippen LogP contribution in [0.1, 0.15) is 36.0 Å². The molecule has 0 aliphatic heterocycles. The van der Waals surface area contributed by atoms with Crippen molar-refractivity contribution in [3.63, 3.8) is 0 Å². The van der Waals surface area contributed by atoms with E-state index in [-0.39, 0.29) is 11.7 Å². The van der Waals surface area contributed by atoms with Crippen molar-refractivity contribution in [2.75, 3.05) is 12.3 Å². The topological polar surface area (TPSA) is 75.4 Å². The van der Waals surface area contributed by atoms with Gasteiger partial charge in [0.25, 0.3) is 5.91 Å². The van der Waals surface area contributed by atoms with Crippen molar-refractivity contribution in [1.82, 2.24) is 5.32 Å². The molecule has 4 nitrogen and oxygen atoms in total. The van der Waals surface area contributed by atoms with Crippen molar-refractivity contribution in [3.05, 3.63) is 29.6 Å². The van der Waals surface area contributed by atoms with Gasteiger partial charge in [0.05, 0.1) is 11.7 Å². The van der Waals surface area contributed by atoms with Gasteiger partial charge in [-0.2, -0.15) is 0 Å². The van der Waals surface area contributed by atoms with Crippen LogP contribution in [-0.2, 0) is 0 Å². The molecule has 0 unspecified atom stereocenters. The number of carbonyl (C=O) groups is 1. The smallest absolute Gasteiger partial charge is 0.254 e. The zero-order valence-corrected chi connectivity index (χ0v) is 10.7. The van der Waals surface area contributed by atoms with Crippen LogP contribution in [0.4, 0.5) is 10.1 Å². The van der Waals surface area contributed by atoms with Crippen molar-refractivity contribution < 1.29 is 14.3 Å². The van der Waals surface area contributed by atoms with E-state index < -0.39 is 11.7 Å². The fourth-order valence-electron chi connectivity index (χ4n) is 2.40. The van der Waals surface area contributed by atoms with E-state index in [9.17, 15) is 14.3 Å². The number of amides is 1. The normalized spacial score (nSPS) is 23.1. The fourth-order valence-corrected chi connectivity index (χ4v) is 2.40. The number of benzene rings is 1. The Hall–Kier alpha value is -1.62. The first-order valence-electron chi connectivity index (χ1n) is 6.57. The van der Waals surface area contributed by atoms with Gasteiger partial charge in [0.2, 0.25) is 0 Å². The maximum absolute atomic E-state index is 13.5. The molecule has 4 N–H and O–H groups in total. The Morgan fingerprint density at radius 2 is 2.05 bits per heavy atom. The molecule has 104 valence electrons. The Labute approximate surface area is 111 Å². The van der Waals surface area contributed by atoms with E-state index in [1.54, 1.807) is 0 Å². The largest absolute Gasteiger partial charge is 0.399 e. The van der Waals surface area contributed by atoms with Crippen molar-refractivity contribution in [1.29, 1.82) is 0 Å². The van der Waals surface area contributed by atoms with Crippen LogP contribution < -0.4 is 11.1 Å². The minimum Gasteiger partial charge on any atom is -0.399 e. The molecule has 1 aliphatic rings. The summed E-state index contributed by atoms with van der Waals surface area (Å²) in [6.45, 7) is 0.523. The number of nitrogens with two attached hydrogens (primary N) is 1. The molecule has 5 heteroatoms. The van der Waals surface area contributed by atoms with Crippen molar-refractivity contribution >= 4 is 11.6 Å². The summed E-state index contributed by atoms with van der Waals surface area (Å²) in [5.41, 5.74) is 5.76. The van der Waals surface area contributed by atoms with E-state index in [0.717, 1.165) is 31.7 Å². The summed E-state index contributed by atoms with van der Waals surface area (Å²) in [6, 6.07) is 4.05. The van der Waals surface area contributed by atoms with Gasteiger partial charge in [-0.05, 0) is 49.8 Å². The maximum Gasteiger partial charge on any atom is 0.254 e. The molecule has 0 bridgehead atoms. The van der Waals surface area contributed by atoms with Crippen LogP contribution in [0.2, 0.25) is 0 Å². The highest BCUT2D eigenvalue weighted by Crippen LogP contribution is 2.23. The Morgan fingerprint density at radius 1 is 1.37 bits per heavy atom. The number of aliphatic hydroxyl groups is 1. The average molecular weight is 266 g/mol. The quantitative estimate of drug-likeness (QED) is 0.729. The van der Waals surface area contributed by atoms with E-state index in [4.69, 9.17) is 5.73 Å². The number of nitrogen functional groups attached to an aromatic ring is 1. The highest BCUT2D eigenvalue weighted by Gasteiger charge is 2.20. The zero-order chi connectivity index (χ0) is 13.8. The summed E-state index contributed by atoms with van der Waals surface area (Å²) in [7, 11) is 0. The molecule has 2 rings (SSSR count). The zero-order valence-electron chi connectivity index (χ0n) is 10.7. The molecular weight excluding hydrogens is 247 g/mol. The maximum atomic E-state index is 13.5. The third-order valence-corrected chi connectivity index (χ3v) is 3.61. The summed E-state index contributed by atoms with van der Waals surface area (Å²) < 4.78 is 13.5. The predicted octanol–water partition coefficient (Wildman–Crippen LogP) is 1.69. The monoisotopic (exact) mass is 266 g/mol. The molecule has 1 aromatic carbocycles. The van der Waals surface area contributed by atoms with E-state index in [1.807, 2.05) is 0 Å². The molecule has 0 aromatic heterocycles. The Bertz CT molecular complexity index is 457. The van der Waals surface area contributed by atoms with Gasteiger partial charge in [-0.1, -0.05) is 0 Å². The number of carbonyl (C=O) groups excluding carboxylic acids is 1. The first-order valence-corrected chi connectivity index (χ1v) is 6.57. The van der Waals surface area contributed by atoms with Gasteiger partial charge in [0.1, 0.15) is 5.82 Å². The molecule has 0 saturated heterocycles. The second-order valence-electron chi connectivity index (χ2n) is 5.12. The second kappa shape index (κ2) is 6.02. The first-order chi connectivity index (χ1) is 9.06. The Balaban J connectivity index is 1.87. The Morgan fingerprint density at radius 3 is 2.68 bits per heavy atom. The first kappa shape index (κ1) is 13.8. The van der Waals surface area contributed by atoms with Crippen LogP contribution in [0.3, 0.4) is 0 Å². The fraction of sp³-hybridized carbons (Fsp3) is 0.500. The number of nitrogens with one attached hydrogen (secondary N) is 1. The molecule has 0 heterocycles. The molecule has 1 amide bonds. The number of anilines is 1. The summed E-state index contributed by atoms with van der Waals surface area (Å²) >= 11 is 0. The average Bonchev–Trinajstić information content (AvgIpc) is 2.37. The lowest BCUT2D eigenvalue weighted by molar-refractivity contribution is 0.0907. The molecule has 1 fully saturated rings. The third kappa shape index (κ3) is 3.67. The van der Waals surface area contributed by atoms with E-state index in [2.05, 4.69) is 5.32 Å². The molecule has 0 spiro atoms. The molecular formula is C14H19FN2O2. The highest BCUT2D eigenvalue weighted by atomic mass is 19.1. The summed E-state index contributed by atoms with van der Waals surface area (Å²) in [4.78, 5) is 11.8. The second-order valence-corrected chi connectivity index (χ2v) is 5.12. The van der Waals surface area contributed by atoms with Gasteiger partial charge >= 0.3 is 0 Å². The molecule has 0 atom stereocenters. The van der Waals surface area contributed by atoms with Gasteiger partial charge in [-0.3, -0.25) is 4.79 Å². The third-order valence-electron chi connectivity index (χ3n) is 3.61. The minimum absolute atomic E-state index is 0.0186. The summed E-state index contributed by atoms with van der Waals surface area (Å²) in [6.07, 6.45) is 3.13. The van der Waals surface area contributed by atoms with Gasteiger partial charge in [-0.25, -0.2) is 4.39 Å². The number of rotatable bonds is 3. The predicted molar refractivity (Wildman–Crippen MR) is 71.1 cm³/mol. The number of hydrogen-bond acceptors (Lipinski definition) is 3. The Kier molecular flexibility index (Phi) is 4.37. The van der Waals surface area contributed by atoms with Crippen LogP contribution >= 0.6 is 0 Å². The van der Waals surface area contributed by atoms with E-state index in [0.29, 0.717) is 18.2 Å². The van der Waals surface area contributed by atoms with Gasteiger partial charge in [0, 0.05) is 12.2 Å². The minimum atomic E-state index is -0.600. The van der Waals surface area contributed by atoms with Crippen LogP contribution in [0.25, 0.3) is 0 Å². The van der Waals surface area contributed by atoms with E-state index >= 15 is 0 Å². The van der Waals surface area contributed by atoms with E-state index in [1.165, 1.54) is 12.1 Å². The van der Waals surface area contributed by atoms with Crippen molar-refractivity contribution in [2.45, 2.75) is 31.8 Å². The molecule has 1 aliphatic carbocycles. The molecule has 1 saturated carbocycles. The standard InChI is InChI=1S/C14H19FN2O2/c15-13-7-10(16)3-6-12(13)14(19)17-8-9-1-4-11(18)5-2-9/h3,6-7,9,11,18H,1-2,4-5,8,16H2,(H,17,19). The molecule has 19 heavy (non-hydrogen) atoms.